The Morgan fingerprint density at radius 1 is 1.48 bits per heavy atom. The molecule has 0 aliphatic rings. The molecule has 0 radical (unpaired) electrons. The number of aromatic carboxylic acids is 1. The van der Waals surface area contributed by atoms with E-state index in [9.17, 15) is 9.59 Å². The normalized spacial score (nSPS) is 12.1. The van der Waals surface area contributed by atoms with Crippen LogP contribution >= 0.6 is 0 Å². The monoisotopic (exact) mass is 298 g/mol. The number of hydrogen-bond acceptors (Lipinski definition) is 5. The third kappa shape index (κ3) is 4.52. The van der Waals surface area contributed by atoms with Gasteiger partial charge in [-0.15, -0.1) is 5.10 Å². The van der Waals surface area contributed by atoms with Crippen molar-refractivity contribution >= 4 is 11.9 Å². The first-order valence-corrected chi connectivity index (χ1v) is 6.96. The number of amides is 1. The topological polar surface area (TPSA) is 106 Å². The number of hydrogen-bond donors (Lipinski definition) is 2. The van der Waals surface area contributed by atoms with E-state index >= 15 is 0 Å². The zero-order valence-corrected chi connectivity index (χ0v) is 12.6. The zero-order valence-electron chi connectivity index (χ0n) is 12.6. The van der Waals surface area contributed by atoms with E-state index in [1.165, 1.54) is 11.8 Å². The molecule has 1 unspecified atom stereocenters. The number of methoxy groups -OCH3 is 1. The number of carboxylic acids is 1. The van der Waals surface area contributed by atoms with Crippen molar-refractivity contribution < 1.29 is 19.4 Å². The largest absolute Gasteiger partial charge is 0.476 e. The minimum atomic E-state index is -1.16. The van der Waals surface area contributed by atoms with Crippen molar-refractivity contribution in [1.29, 1.82) is 0 Å². The lowest BCUT2D eigenvalue weighted by Crippen LogP contribution is -2.33. The average Bonchev–Trinajstić information content (AvgIpc) is 2.88. The number of rotatable bonds is 9. The van der Waals surface area contributed by atoms with Crippen LogP contribution in [0.2, 0.25) is 0 Å². The van der Waals surface area contributed by atoms with Crippen molar-refractivity contribution in [3.05, 3.63) is 11.4 Å². The maximum Gasteiger partial charge on any atom is 0.358 e. The van der Waals surface area contributed by atoms with Gasteiger partial charge in [0.2, 0.25) is 5.91 Å². The fourth-order valence-corrected chi connectivity index (χ4v) is 1.87. The molecular formula is C13H22N4O4. The van der Waals surface area contributed by atoms with Crippen molar-refractivity contribution in [1.82, 2.24) is 20.3 Å². The highest BCUT2D eigenvalue weighted by atomic mass is 16.5. The van der Waals surface area contributed by atoms with Gasteiger partial charge >= 0.3 is 5.97 Å². The Bertz CT molecular complexity index is 487. The van der Waals surface area contributed by atoms with Crippen LogP contribution in [0.5, 0.6) is 0 Å². The molecular weight excluding hydrogens is 276 g/mol. The second-order valence-electron chi connectivity index (χ2n) is 4.70. The summed E-state index contributed by atoms with van der Waals surface area (Å²) in [7, 11) is 1.52. The third-order valence-electron chi connectivity index (χ3n) is 3.11. The summed E-state index contributed by atoms with van der Waals surface area (Å²) in [6, 6.07) is -0.616. The summed E-state index contributed by atoms with van der Waals surface area (Å²) in [6.45, 7) is 4.62. The Balaban J connectivity index is 2.89. The van der Waals surface area contributed by atoms with Crippen molar-refractivity contribution in [3.8, 4) is 0 Å². The quantitative estimate of drug-likeness (QED) is 0.648. The molecule has 21 heavy (non-hydrogen) atoms. The molecule has 0 saturated carbocycles. The molecule has 0 aliphatic carbocycles. The molecule has 0 aliphatic heterocycles. The second kappa shape index (κ2) is 8.35. The van der Waals surface area contributed by atoms with E-state index in [4.69, 9.17) is 9.84 Å². The van der Waals surface area contributed by atoms with Gasteiger partial charge in [0.25, 0.3) is 0 Å². The molecule has 0 spiro atoms. The van der Waals surface area contributed by atoms with Gasteiger partial charge in [-0.1, -0.05) is 18.6 Å². The molecule has 1 aromatic rings. The Kier molecular flexibility index (Phi) is 6.80. The van der Waals surface area contributed by atoms with Crippen molar-refractivity contribution in [2.75, 3.05) is 20.3 Å². The average molecular weight is 298 g/mol. The number of nitrogens with zero attached hydrogens (tertiary/aromatic N) is 3. The van der Waals surface area contributed by atoms with Crippen molar-refractivity contribution in [2.24, 2.45) is 0 Å². The molecule has 8 heteroatoms. The van der Waals surface area contributed by atoms with Gasteiger partial charge in [-0.05, 0) is 13.3 Å². The molecule has 8 nitrogen and oxygen atoms in total. The van der Waals surface area contributed by atoms with Gasteiger partial charge in [-0.3, -0.25) is 4.79 Å². The summed E-state index contributed by atoms with van der Waals surface area (Å²) in [6.07, 6.45) is 2.21. The fourth-order valence-electron chi connectivity index (χ4n) is 1.87. The Labute approximate surface area is 123 Å². The molecule has 1 atom stereocenters. The van der Waals surface area contributed by atoms with Gasteiger partial charge in [0.1, 0.15) is 6.04 Å². The molecule has 1 amide bonds. The molecule has 0 fully saturated rings. The van der Waals surface area contributed by atoms with E-state index in [0.29, 0.717) is 25.3 Å². The number of carboxylic acid groups (broad SMARTS) is 1. The lowest BCUT2D eigenvalue weighted by Gasteiger charge is -2.14. The van der Waals surface area contributed by atoms with Gasteiger partial charge in [-0.2, -0.15) is 0 Å². The van der Waals surface area contributed by atoms with Crippen LogP contribution in [0.25, 0.3) is 0 Å². The van der Waals surface area contributed by atoms with Crippen LogP contribution in [0.15, 0.2) is 0 Å². The Hall–Kier alpha value is -1.96. The number of ether oxygens (including phenoxy) is 1. The summed E-state index contributed by atoms with van der Waals surface area (Å²) < 4.78 is 6.31. The van der Waals surface area contributed by atoms with Gasteiger partial charge < -0.3 is 15.2 Å². The predicted octanol–water partition coefficient (Wildman–Crippen LogP) is 0.643. The summed E-state index contributed by atoms with van der Waals surface area (Å²) in [5.41, 5.74) is 0.253. The summed E-state index contributed by atoms with van der Waals surface area (Å²) in [4.78, 5) is 23.2. The predicted molar refractivity (Wildman–Crippen MR) is 75.2 cm³/mol. The van der Waals surface area contributed by atoms with Crippen LogP contribution in [-0.4, -0.2) is 52.2 Å². The molecule has 118 valence electrons. The lowest BCUT2D eigenvalue weighted by atomic mass is 10.2. The first-order chi connectivity index (χ1) is 10.0. The van der Waals surface area contributed by atoms with Crippen LogP contribution in [0, 0.1) is 0 Å². The van der Waals surface area contributed by atoms with E-state index in [-0.39, 0.29) is 11.6 Å². The van der Waals surface area contributed by atoms with Crippen LogP contribution in [0.1, 0.15) is 48.9 Å². The third-order valence-corrected chi connectivity index (χ3v) is 3.11. The highest BCUT2D eigenvalue weighted by Gasteiger charge is 2.24. The summed E-state index contributed by atoms with van der Waals surface area (Å²) >= 11 is 0. The van der Waals surface area contributed by atoms with Crippen molar-refractivity contribution in [2.45, 2.75) is 39.2 Å². The first kappa shape index (κ1) is 17.1. The fraction of sp³-hybridized carbons (Fsp3) is 0.692. The first-order valence-electron chi connectivity index (χ1n) is 6.96. The number of carbonyl (C=O) groups is 2. The number of carbonyl (C=O) groups excluding carboxylic acids is 1. The van der Waals surface area contributed by atoms with E-state index in [0.717, 1.165) is 12.8 Å². The van der Waals surface area contributed by atoms with E-state index in [1.54, 1.807) is 6.92 Å². The van der Waals surface area contributed by atoms with E-state index in [2.05, 4.69) is 15.6 Å². The molecule has 1 rings (SSSR count). The summed E-state index contributed by atoms with van der Waals surface area (Å²) in [5, 5.41) is 19.4. The minimum Gasteiger partial charge on any atom is -0.476 e. The molecule has 1 heterocycles. The van der Waals surface area contributed by atoms with E-state index < -0.39 is 12.0 Å². The highest BCUT2D eigenvalue weighted by molar-refractivity contribution is 5.87. The number of unbranched alkanes of at least 4 members (excludes halogenated alkanes) is 1. The standard InChI is InChI=1S/C13H22N4O4/c1-4-5-7-14-12(18)9(2)17-10(6-8-21-3)11(13(19)20)15-16-17/h9H,4-8H2,1-3H3,(H,14,18)(H,19,20). The SMILES string of the molecule is CCCCNC(=O)C(C)n1nnc(C(=O)O)c1CCOC. The minimum absolute atomic E-state index is 0.139. The number of aromatic nitrogens is 3. The number of nitrogens with one attached hydrogen (secondary N) is 1. The molecule has 0 bridgehead atoms. The molecule has 1 aromatic heterocycles. The van der Waals surface area contributed by atoms with Crippen LogP contribution in [0.4, 0.5) is 0 Å². The summed E-state index contributed by atoms with van der Waals surface area (Å²) in [5.74, 6) is -1.37. The zero-order chi connectivity index (χ0) is 15.8. The molecule has 0 saturated heterocycles. The maximum absolute atomic E-state index is 12.0. The van der Waals surface area contributed by atoms with E-state index in [1.807, 2.05) is 6.92 Å². The lowest BCUT2D eigenvalue weighted by molar-refractivity contribution is -0.124. The van der Waals surface area contributed by atoms with Crippen LogP contribution < -0.4 is 5.32 Å². The second-order valence-corrected chi connectivity index (χ2v) is 4.70. The molecule has 0 aromatic carbocycles. The maximum atomic E-state index is 12.0. The van der Waals surface area contributed by atoms with Gasteiger partial charge in [0, 0.05) is 20.1 Å². The van der Waals surface area contributed by atoms with Crippen LogP contribution in [-0.2, 0) is 16.0 Å². The smallest absolute Gasteiger partial charge is 0.358 e. The van der Waals surface area contributed by atoms with Gasteiger partial charge in [0.05, 0.1) is 12.3 Å². The van der Waals surface area contributed by atoms with Crippen LogP contribution in [0.3, 0.4) is 0 Å². The Morgan fingerprint density at radius 2 is 2.19 bits per heavy atom. The Morgan fingerprint density at radius 3 is 2.76 bits per heavy atom. The van der Waals surface area contributed by atoms with Gasteiger partial charge in [0.15, 0.2) is 5.69 Å². The van der Waals surface area contributed by atoms with Gasteiger partial charge in [-0.25, -0.2) is 9.48 Å². The van der Waals surface area contributed by atoms with Crippen molar-refractivity contribution in [3.63, 3.8) is 0 Å². The highest BCUT2D eigenvalue weighted by Crippen LogP contribution is 2.13. The molecule has 2 N–H and O–H groups in total.